The van der Waals surface area contributed by atoms with Crippen LogP contribution in [0.25, 0.3) is 0 Å². The molecule has 1 N–H and O–H groups in total. The monoisotopic (exact) mass is 263 g/mol. The fourth-order valence-corrected chi connectivity index (χ4v) is 2.08. The Hall–Kier alpha value is -1.84. The predicted molar refractivity (Wildman–Crippen MR) is 75.4 cm³/mol. The number of carbonyl (C=O) groups excluding carboxylic acids is 1. The van der Waals surface area contributed by atoms with E-state index in [2.05, 4.69) is 0 Å². The van der Waals surface area contributed by atoms with E-state index in [0.29, 0.717) is 0 Å². The number of rotatable bonds is 5. The summed E-state index contributed by atoms with van der Waals surface area (Å²) in [6, 6.07) is 5.80. The number of hydrogen-bond acceptors (Lipinski definition) is 2. The van der Waals surface area contributed by atoms with Crippen molar-refractivity contribution in [2.75, 3.05) is 11.4 Å². The molecule has 0 radical (unpaired) electrons. The number of hydrogen-bond donors (Lipinski definition) is 1. The second-order valence-corrected chi connectivity index (χ2v) is 5.03. The van der Waals surface area contributed by atoms with Crippen LogP contribution >= 0.6 is 0 Å². The van der Waals surface area contributed by atoms with Gasteiger partial charge in [-0.15, -0.1) is 0 Å². The van der Waals surface area contributed by atoms with Crippen LogP contribution in [0.3, 0.4) is 0 Å². The van der Waals surface area contributed by atoms with Crippen molar-refractivity contribution >= 4 is 17.6 Å². The van der Waals surface area contributed by atoms with E-state index >= 15 is 0 Å². The van der Waals surface area contributed by atoms with Gasteiger partial charge in [-0.3, -0.25) is 9.59 Å². The molecule has 19 heavy (non-hydrogen) atoms. The number of para-hydroxylation sites is 1. The van der Waals surface area contributed by atoms with Gasteiger partial charge in [0.25, 0.3) is 0 Å². The molecule has 0 saturated heterocycles. The zero-order valence-corrected chi connectivity index (χ0v) is 11.9. The Kier molecular flexibility index (Phi) is 5.10. The van der Waals surface area contributed by atoms with E-state index in [0.717, 1.165) is 16.8 Å². The van der Waals surface area contributed by atoms with Crippen molar-refractivity contribution in [1.82, 2.24) is 0 Å². The summed E-state index contributed by atoms with van der Waals surface area (Å²) in [6.45, 7) is 7.72. The third kappa shape index (κ3) is 3.81. The lowest BCUT2D eigenvalue weighted by molar-refractivity contribution is -0.136. The molecule has 1 rings (SSSR count). The van der Waals surface area contributed by atoms with E-state index < -0.39 is 5.97 Å². The molecule has 0 fully saturated rings. The third-order valence-electron chi connectivity index (χ3n) is 3.02. The lowest BCUT2D eigenvalue weighted by atomic mass is 10.1. The second kappa shape index (κ2) is 6.36. The number of carbonyl (C=O) groups is 2. The Labute approximate surface area is 114 Å². The van der Waals surface area contributed by atoms with E-state index in [9.17, 15) is 9.59 Å². The molecule has 0 spiro atoms. The van der Waals surface area contributed by atoms with Gasteiger partial charge in [-0.2, -0.15) is 0 Å². The summed E-state index contributed by atoms with van der Waals surface area (Å²) in [5.41, 5.74) is 2.81. The number of anilines is 1. The van der Waals surface area contributed by atoms with Gasteiger partial charge in [-0.1, -0.05) is 32.0 Å². The van der Waals surface area contributed by atoms with Gasteiger partial charge in [-0.25, -0.2) is 0 Å². The third-order valence-corrected chi connectivity index (χ3v) is 3.02. The zero-order valence-electron chi connectivity index (χ0n) is 11.9. The number of amides is 1. The van der Waals surface area contributed by atoms with E-state index in [-0.39, 0.29) is 24.8 Å². The molecule has 0 aliphatic rings. The van der Waals surface area contributed by atoms with E-state index in [4.69, 9.17) is 5.11 Å². The average molecular weight is 263 g/mol. The van der Waals surface area contributed by atoms with E-state index in [1.807, 2.05) is 45.9 Å². The summed E-state index contributed by atoms with van der Waals surface area (Å²) in [6.07, 6.45) is -0.0494. The Morgan fingerprint density at radius 2 is 1.74 bits per heavy atom. The quantitative estimate of drug-likeness (QED) is 0.888. The fraction of sp³-hybridized carbons (Fsp3) is 0.467. The van der Waals surface area contributed by atoms with E-state index in [1.54, 1.807) is 4.90 Å². The van der Waals surface area contributed by atoms with Crippen molar-refractivity contribution in [3.63, 3.8) is 0 Å². The maximum atomic E-state index is 12.3. The Bertz CT molecular complexity index is 460. The first kappa shape index (κ1) is 15.2. The first-order valence-corrected chi connectivity index (χ1v) is 6.44. The van der Waals surface area contributed by atoms with Crippen LogP contribution in [0.15, 0.2) is 18.2 Å². The SMILES string of the molecule is Cc1cccc(C)c1N(CCC(=O)O)C(=O)C(C)C. The highest BCUT2D eigenvalue weighted by Gasteiger charge is 2.22. The van der Waals surface area contributed by atoms with Gasteiger partial charge < -0.3 is 10.0 Å². The van der Waals surface area contributed by atoms with Crippen LogP contribution in [0, 0.1) is 19.8 Å². The summed E-state index contributed by atoms with van der Waals surface area (Å²) >= 11 is 0. The van der Waals surface area contributed by atoms with E-state index in [1.165, 1.54) is 0 Å². The van der Waals surface area contributed by atoms with Crippen LogP contribution in [0.1, 0.15) is 31.4 Å². The van der Waals surface area contributed by atoms with Crippen molar-refractivity contribution in [1.29, 1.82) is 0 Å². The number of benzene rings is 1. The summed E-state index contributed by atoms with van der Waals surface area (Å²) in [5, 5.41) is 8.83. The second-order valence-electron chi connectivity index (χ2n) is 5.03. The molecule has 104 valence electrons. The predicted octanol–water partition coefficient (Wildman–Crippen LogP) is 2.77. The van der Waals surface area contributed by atoms with Crippen LogP contribution in [-0.2, 0) is 9.59 Å². The summed E-state index contributed by atoms with van der Waals surface area (Å²) < 4.78 is 0. The largest absolute Gasteiger partial charge is 0.481 e. The average Bonchev–Trinajstić information content (AvgIpc) is 2.31. The fourth-order valence-electron chi connectivity index (χ4n) is 2.08. The van der Waals surface area contributed by atoms with Crippen LogP contribution in [0.2, 0.25) is 0 Å². The highest BCUT2D eigenvalue weighted by molar-refractivity contribution is 5.96. The number of carboxylic acids is 1. The van der Waals surface area contributed by atoms with Crippen molar-refractivity contribution in [2.45, 2.75) is 34.1 Å². The van der Waals surface area contributed by atoms with Gasteiger partial charge in [0.2, 0.25) is 5.91 Å². The van der Waals surface area contributed by atoms with Crippen LogP contribution in [-0.4, -0.2) is 23.5 Å². The summed E-state index contributed by atoms with van der Waals surface area (Å²) in [7, 11) is 0. The topological polar surface area (TPSA) is 57.6 Å². The molecule has 0 atom stereocenters. The minimum absolute atomic E-state index is 0.0429. The molecule has 0 aliphatic carbocycles. The van der Waals surface area contributed by atoms with Crippen molar-refractivity contribution in [3.05, 3.63) is 29.3 Å². The van der Waals surface area contributed by atoms with Gasteiger partial charge >= 0.3 is 5.97 Å². The standard InChI is InChI=1S/C15H21NO3/c1-10(2)15(19)16(9-8-13(17)18)14-11(3)6-5-7-12(14)4/h5-7,10H,8-9H2,1-4H3,(H,17,18). The van der Waals surface area contributed by atoms with Crippen molar-refractivity contribution < 1.29 is 14.7 Å². The van der Waals surface area contributed by atoms with Gasteiger partial charge in [0.05, 0.1) is 6.42 Å². The Morgan fingerprint density at radius 3 is 2.16 bits per heavy atom. The molecule has 0 heterocycles. The number of aryl methyl sites for hydroxylation is 2. The van der Waals surface area contributed by atoms with Crippen molar-refractivity contribution in [2.24, 2.45) is 5.92 Å². The molecule has 1 aromatic carbocycles. The molecule has 0 aliphatic heterocycles. The van der Waals surface area contributed by atoms with Crippen LogP contribution in [0.5, 0.6) is 0 Å². The lowest BCUT2D eigenvalue weighted by Gasteiger charge is -2.27. The zero-order chi connectivity index (χ0) is 14.6. The normalized spacial score (nSPS) is 10.6. The smallest absolute Gasteiger partial charge is 0.305 e. The van der Waals surface area contributed by atoms with Gasteiger partial charge in [0.1, 0.15) is 0 Å². The molecule has 4 nitrogen and oxygen atoms in total. The maximum Gasteiger partial charge on any atom is 0.305 e. The Morgan fingerprint density at radius 1 is 1.21 bits per heavy atom. The summed E-state index contributed by atoms with van der Waals surface area (Å²) in [5.74, 6) is -1.10. The minimum Gasteiger partial charge on any atom is -0.481 e. The molecular formula is C15H21NO3. The molecule has 0 aromatic heterocycles. The molecule has 0 saturated carbocycles. The van der Waals surface area contributed by atoms with Gasteiger partial charge in [0.15, 0.2) is 0 Å². The van der Waals surface area contributed by atoms with Gasteiger partial charge in [0, 0.05) is 18.2 Å². The van der Waals surface area contributed by atoms with Gasteiger partial charge in [-0.05, 0) is 25.0 Å². The Balaban J connectivity index is 3.15. The number of aliphatic carboxylic acids is 1. The summed E-state index contributed by atoms with van der Waals surface area (Å²) in [4.78, 5) is 24.7. The molecular weight excluding hydrogens is 242 g/mol. The molecule has 0 unspecified atom stereocenters. The minimum atomic E-state index is -0.896. The lowest BCUT2D eigenvalue weighted by Crippen LogP contribution is -2.37. The molecule has 1 amide bonds. The first-order valence-electron chi connectivity index (χ1n) is 6.44. The van der Waals surface area contributed by atoms with Crippen molar-refractivity contribution in [3.8, 4) is 0 Å². The first-order chi connectivity index (χ1) is 8.84. The number of nitrogens with zero attached hydrogens (tertiary/aromatic N) is 1. The molecule has 4 heteroatoms. The highest BCUT2D eigenvalue weighted by atomic mass is 16.4. The maximum absolute atomic E-state index is 12.3. The highest BCUT2D eigenvalue weighted by Crippen LogP contribution is 2.26. The molecule has 1 aromatic rings. The molecule has 0 bridgehead atoms. The number of carboxylic acid groups (broad SMARTS) is 1. The van der Waals surface area contributed by atoms with Crippen LogP contribution < -0.4 is 4.90 Å². The van der Waals surface area contributed by atoms with Crippen LogP contribution in [0.4, 0.5) is 5.69 Å².